The number of alkyl halides is 1. The quantitative estimate of drug-likeness (QED) is 0.566. The van der Waals surface area contributed by atoms with Gasteiger partial charge in [-0.3, -0.25) is 4.98 Å². The van der Waals surface area contributed by atoms with E-state index in [1.807, 2.05) is 62.0 Å². The van der Waals surface area contributed by atoms with Crippen molar-refractivity contribution in [3.05, 3.63) is 65.8 Å². The fourth-order valence-corrected chi connectivity index (χ4v) is 2.94. The van der Waals surface area contributed by atoms with Crippen LogP contribution in [0.5, 0.6) is 0 Å². The van der Waals surface area contributed by atoms with Crippen molar-refractivity contribution in [3.8, 4) is 11.3 Å². The molecule has 3 aromatic heterocycles. The molecule has 0 spiro atoms. The van der Waals surface area contributed by atoms with Crippen molar-refractivity contribution >= 4 is 5.65 Å². The van der Waals surface area contributed by atoms with Gasteiger partial charge in [0, 0.05) is 31.4 Å². The van der Waals surface area contributed by atoms with Crippen LogP contribution in [0.15, 0.2) is 42.7 Å². The van der Waals surface area contributed by atoms with Crippen LogP contribution in [0.2, 0.25) is 0 Å². The van der Waals surface area contributed by atoms with Gasteiger partial charge in [0.2, 0.25) is 0 Å². The summed E-state index contributed by atoms with van der Waals surface area (Å²) in [7, 11) is 1.87. The third kappa shape index (κ3) is 2.85. The van der Waals surface area contributed by atoms with Gasteiger partial charge in [0.25, 0.3) is 0 Å². The third-order valence-electron chi connectivity index (χ3n) is 4.41. The number of imidazole rings is 1. The minimum Gasteiger partial charge on any atom is -0.337 e. The SMILES string of the molecule is Cc1ncc(C)n2nc(C(F)Cc3nc(-c4ccccc4)cn3C)nc12. The highest BCUT2D eigenvalue weighted by Gasteiger charge is 2.21. The molecular formula is C19H19FN6. The van der Waals surface area contributed by atoms with Gasteiger partial charge in [0.15, 0.2) is 17.6 Å². The van der Waals surface area contributed by atoms with E-state index >= 15 is 0 Å². The van der Waals surface area contributed by atoms with Gasteiger partial charge in [-0.1, -0.05) is 30.3 Å². The molecule has 0 amide bonds. The van der Waals surface area contributed by atoms with Crippen molar-refractivity contribution in [2.24, 2.45) is 7.05 Å². The zero-order valence-corrected chi connectivity index (χ0v) is 14.9. The van der Waals surface area contributed by atoms with Crippen LogP contribution >= 0.6 is 0 Å². The summed E-state index contributed by atoms with van der Waals surface area (Å²) in [6.45, 7) is 3.71. The van der Waals surface area contributed by atoms with Crippen molar-refractivity contribution in [3.63, 3.8) is 0 Å². The van der Waals surface area contributed by atoms with E-state index in [2.05, 4.69) is 20.1 Å². The highest BCUT2D eigenvalue weighted by molar-refractivity contribution is 5.58. The zero-order chi connectivity index (χ0) is 18.3. The first-order valence-corrected chi connectivity index (χ1v) is 8.43. The Morgan fingerprint density at radius 3 is 2.62 bits per heavy atom. The Balaban J connectivity index is 1.63. The first-order chi connectivity index (χ1) is 12.5. The molecule has 0 aliphatic carbocycles. The second-order valence-electron chi connectivity index (χ2n) is 6.38. The minimum atomic E-state index is -1.33. The molecule has 4 aromatic rings. The maximum Gasteiger partial charge on any atom is 0.186 e. The smallest absolute Gasteiger partial charge is 0.186 e. The molecule has 0 N–H and O–H groups in total. The topological polar surface area (TPSA) is 60.9 Å². The maximum absolute atomic E-state index is 14.9. The van der Waals surface area contributed by atoms with Crippen LogP contribution in [-0.2, 0) is 13.5 Å². The normalized spacial score (nSPS) is 12.6. The van der Waals surface area contributed by atoms with Gasteiger partial charge in [-0.05, 0) is 13.8 Å². The number of aryl methyl sites for hydroxylation is 3. The molecule has 0 saturated carbocycles. The highest BCUT2D eigenvalue weighted by Crippen LogP contribution is 2.23. The predicted molar refractivity (Wildman–Crippen MR) is 96.5 cm³/mol. The Kier molecular flexibility index (Phi) is 3.99. The molecule has 132 valence electrons. The molecule has 4 rings (SSSR count). The maximum atomic E-state index is 14.9. The van der Waals surface area contributed by atoms with Crippen LogP contribution in [0.4, 0.5) is 4.39 Å². The standard InChI is InChI=1S/C19H19FN6/c1-12-10-21-13(2)19-23-18(24-26(12)19)15(20)9-17-22-16(11-25(17)3)14-7-5-4-6-8-14/h4-8,10-11,15H,9H2,1-3H3. The van der Waals surface area contributed by atoms with E-state index in [1.54, 1.807) is 10.7 Å². The van der Waals surface area contributed by atoms with Crippen LogP contribution in [-0.4, -0.2) is 29.1 Å². The van der Waals surface area contributed by atoms with Gasteiger partial charge in [-0.15, -0.1) is 5.10 Å². The lowest BCUT2D eigenvalue weighted by Crippen LogP contribution is -2.05. The molecule has 1 atom stereocenters. The molecule has 6 nitrogen and oxygen atoms in total. The molecule has 0 aliphatic heterocycles. The first kappa shape index (κ1) is 16.4. The highest BCUT2D eigenvalue weighted by atomic mass is 19.1. The number of nitrogens with zero attached hydrogens (tertiary/aromatic N) is 6. The van der Waals surface area contributed by atoms with Gasteiger partial charge >= 0.3 is 0 Å². The van der Waals surface area contributed by atoms with E-state index < -0.39 is 6.17 Å². The predicted octanol–water partition coefficient (Wildman–Crippen LogP) is 3.39. The van der Waals surface area contributed by atoms with E-state index in [-0.39, 0.29) is 12.2 Å². The molecule has 7 heteroatoms. The van der Waals surface area contributed by atoms with Crippen LogP contribution < -0.4 is 0 Å². The van der Waals surface area contributed by atoms with E-state index in [4.69, 9.17) is 0 Å². The average Bonchev–Trinajstić information content (AvgIpc) is 3.25. The Morgan fingerprint density at radius 2 is 1.88 bits per heavy atom. The van der Waals surface area contributed by atoms with Crippen molar-refractivity contribution < 1.29 is 4.39 Å². The van der Waals surface area contributed by atoms with Crippen LogP contribution in [0.1, 0.15) is 29.2 Å². The molecule has 0 fully saturated rings. The summed E-state index contributed by atoms with van der Waals surface area (Å²) in [6, 6.07) is 9.85. The number of fused-ring (bicyclic) bond motifs is 1. The number of hydrogen-bond donors (Lipinski definition) is 0. The number of hydrogen-bond acceptors (Lipinski definition) is 4. The average molecular weight is 350 g/mol. The second kappa shape index (κ2) is 6.33. The molecule has 1 aromatic carbocycles. The minimum absolute atomic E-state index is 0.117. The Bertz CT molecular complexity index is 1030. The molecule has 3 heterocycles. The molecule has 0 bridgehead atoms. The van der Waals surface area contributed by atoms with E-state index in [0.29, 0.717) is 11.5 Å². The van der Waals surface area contributed by atoms with Crippen LogP contribution in [0.3, 0.4) is 0 Å². The summed E-state index contributed by atoms with van der Waals surface area (Å²) in [5.74, 6) is 0.815. The van der Waals surface area contributed by atoms with Gasteiger partial charge < -0.3 is 4.57 Å². The van der Waals surface area contributed by atoms with Crippen LogP contribution in [0, 0.1) is 13.8 Å². The summed E-state index contributed by atoms with van der Waals surface area (Å²) in [6.07, 6.45) is 2.40. The molecular weight excluding hydrogens is 331 g/mol. The van der Waals surface area contributed by atoms with Gasteiger partial charge in [0.05, 0.1) is 17.1 Å². The van der Waals surface area contributed by atoms with Gasteiger partial charge in [-0.2, -0.15) is 0 Å². The second-order valence-corrected chi connectivity index (χ2v) is 6.38. The van der Waals surface area contributed by atoms with Crippen LogP contribution in [0.25, 0.3) is 16.9 Å². The largest absolute Gasteiger partial charge is 0.337 e. The lowest BCUT2D eigenvalue weighted by Gasteiger charge is -2.03. The summed E-state index contributed by atoms with van der Waals surface area (Å²) >= 11 is 0. The van der Waals surface area contributed by atoms with Gasteiger partial charge in [-0.25, -0.2) is 18.9 Å². The fraction of sp³-hybridized carbons (Fsp3) is 0.263. The Hall–Kier alpha value is -3.09. The third-order valence-corrected chi connectivity index (χ3v) is 4.41. The number of rotatable bonds is 4. The Morgan fingerprint density at radius 1 is 1.12 bits per heavy atom. The van der Waals surface area contributed by atoms with E-state index in [9.17, 15) is 4.39 Å². The van der Waals surface area contributed by atoms with Crippen molar-refractivity contribution in [2.45, 2.75) is 26.4 Å². The van der Waals surface area contributed by atoms with Gasteiger partial charge in [0.1, 0.15) is 5.82 Å². The lowest BCUT2D eigenvalue weighted by molar-refractivity contribution is 0.319. The fourth-order valence-electron chi connectivity index (χ4n) is 2.94. The summed E-state index contributed by atoms with van der Waals surface area (Å²) in [5, 5.41) is 4.32. The first-order valence-electron chi connectivity index (χ1n) is 8.43. The molecule has 0 saturated heterocycles. The lowest BCUT2D eigenvalue weighted by atomic mass is 10.2. The summed E-state index contributed by atoms with van der Waals surface area (Å²) in [5.41, 5.74) is 3.97. The molecule has 26 heavy (non-hydrogen) atoms. The number of halogens is 1. The number of aromatic nitrogens is 6. The molecule has 0 aliphatic rings. The Labute approximate surface area is 150 Å². The number of benzene rings is 1. The van der Waals surface area contributed by atoms with E-state index in [0.717, 1.165) is 22.6 Å². The molecule has 1 unspecified atom stereocenters. The van der Waals surface area contributed by atoms with Crippen molar-refractivity contribution in [1.82, 2.24) is 29.1 Å². The summed E-state index contributed by atoms with van der Waals surface area (Å²) in [4.78, 5) is 13.2. The van der Waals surface area contributed by atoms with Crippen molar-refractivity contribution in [1.29, 1.82) is 0 Å². The van der Waals surface area contributed by atoms with E-state index in [1.165, 1.54) is 0 Å². The molecule has 0 radical (unpaired) electrons. The summed E-state index contributed by atoms with van der Waals surface area (Å²) < 4.78 is 18.4. The zero-order valence-electron chi connectivity index (χ0n) is 14.9. The monoisotopic (exact) mass is 350 g/mol. The van der Waals surface area contributed by atoms with Crippen molar-refractivity contribution in [2.75, 3.05) is 0 Å².